The second kappa shape index (κ2) is 6.54. The summed E-state index contributed by atoms with van der Waals surface area (Å²) >= 11 is 0. The summed E-state index contributed by atoms with van der Waals surface area (Å²) in [4.78, 5) is 30.8. The Balaban J connectivity index is 1.70. The van der Waals surface area contributed by atoms with Gasteiger partial charge in [0, 0.05) is 18.1 Å². The lowest BCUT2D eigenvalue weighted by Crippen LogP contribution is -2.27. The van der Waals surface area contributed by atoms with Crippen LogP contribution in [0.5, 0.6) is 0 Å². The van der Waals surface area contributed by atoms with E-state index in [2.05, 4.69) is 0 Å². The Morgan fingerprint density at radius 3 is 2.78 bits per heavy atom. The minimum Gasteiger partial charge on any atom is -0.478 e. The number of benzene rings is 1. The minimum absolute atomic E-state index is 0.0994. The van der Waals surface area contributed by atoms with Gasteiger partial charge in [0.15, 0.2) is 0 Å². The number of amides is 1. The normalized spacial score (nSPS) is 13.0. The number of carboxylic acid groups (broad SMARTS) is 1. The molecule has 6 heteroatoms. The lowest BCUT2D eigenvalue weighted by Gasteiger charge is -2.19. The molecule has 0 saturated carbocycles. The van der Waals surface area contributed by atoms with Crippen molar-refractivity contribution in [3.05, 3.63) is 64.2 Å². The largest absolute Gasteiger partial charge is 0.478 e. The molecule has 1 aliphatic carbocycles. The third-order valence-electron chi connectivity index (χ3n) is 5.07. The molecule has 1 amide bonds. The van der Waals surface area contributed by atoms with Gasteiger partial charge in [0.1, 0.15) is 17.1 Å². The van der Waals surface area contributed by atoms with Gasteiger partial charge < -0.3 is 14.4 Å². The molecule has 2 heterocycles. The van der Waals surface area contributed by atoms with E-state index in [-0.39, 0.29) is 18.0 Å². The van der Waals surface area contributed by atoms with E-state index in [1.807, 2.05) is 24.3 Å². The standard InChI is InChI=1S/C21H20N2O4/c1-12-16(21(25)26)10-13(27-12)11-23(2)20(24)19-14-6-3-4-8-17(14)22-18-9-5-7-15(18)19/h3-4,6,8,10H,5,7,9,11H2,1-2H3,(H,25,26). The average molecular weight is 364 g/mol. The van der Waals surface area contributed by atoms with Crippen molar-refractivity contribution in [3.8, 4) is 0 Å². The topological polar surface area (TPSA) is 83.6 Å². The SMILES string of the molecule is Cc1oc(CN(C)C(=O)c2c3c(nc4ccccc24)CCC3)cc1C(=O)O. The maximum atomic E-state index is 13.3. The van der Waals surface area contributed by atoms with E-state index in [1.54, 1.807) is 18.9 Å². The van der Waals surface area contributed by atoms with Crippen LogP contribution in [0.3, 0.4) is 0 Å². The third-order valence-corrected chi connectivity index (χ3v) is 5.07. The number of aromatic nitrogens is 1. The molecular weight excluding hydrogens is 344 g/mol. The molecule has 1 aromatic carbocycles. The Labute approximate surface area is 156 Å². The summed E-state index contributed by atoms with van der Waals surface area (Å²) in [5, 5.41) is 10.0. The number of furan rings is 1. The molecule has 0 unspecified atom stereocenters. The lowest BCUT2D eigenvalue weighted by molar-refractivity contribution is 0.0694. The van der Waals surface area contributed by atoms with E-state index in [4.69, 9.17) is 9.40 Å². The van der Waals surface area contributed by atoms with Gasteiger partial charge in [-0.3, -0.25) is 9.78 Å². The second-order valence-corrected chi connectivity index (χ2v) is 6.93. The van der Waals surface area contributed by atoms with Crippen LogP contribution in [0.25, 0.3) is 10.9 Å². The maximum absolute atomic E-state index is 13.3. The van der Waals surface area contributed by atoms with E-state index < -0.39 is 5.97 Å². The van der Waals surface area contributed by atoms with E-state index in [0.717, 1.165) is 41.4 Å². The summed E-state index contributed by atoms with van der Waals surface area (Å²) in [7, 11) is 1.71. The van der Waals surface area contributed by atoms with Crippen LogP contribution in [0.2, 0.25) is 0 Å². The number of pyridine rings is 1. The Kier molecular flexibility index (Phi) is 4.18. The molecule has 4 rings (SSSR count). The maximum Gasteiger partial charge on any atom is 0.339 e. The summed E-state index contributed by atoms with van der Waals surface area (Å²) in [6.07, 6.45) is 2.75. The number of fused-ring (bicyclic) bond motifs is 2. The van der Waals surface area contributed by atoms with E-state index in [9.17, 15) is 14.7 Å². The summed E-state index contributed by atoms with van der Waals surface area (Å²) < 4.78 is 5.53. The molecule has 0 fully saturated rings. The summed E-state index contributed by atoms with van der Waals surface area (Å²) in [5.41, 5.74) is 3.70. The average Bonchev–Trinajstić information content (AvgIpc) is 3.25. The number of carboxylic acids is 1. The van der Waals surface area contributed by atoms with Gasteiger partial charge in [-0.2, -0.15) is 0 Å². The number of nitrogens with zero attached hydrogens (tertiary/aromatic N) is 2. The number of carbonyl (C=O) groups excluding carboxylic acids is 1. The van der Waals surface area contributed by atoms with Crippen LogP contribution in [0.15, 0.2) is 34.7 Å². The van der Waals surface area contributed by atoms with E-state index in [1.165, 1.54) is 6.07 Å². The van der Waals surface area contributed by atoms with Crippen molar-refractivity contribution in [2.24, 2.45) is 0 Å². The molecule has 0 atom stereocenters. The molecule has 0 spiro atoms. The van der Waals surface area contributed by atoms with E-state index >= 15 is 0 Å². The van der Waals surface area contributed by atoms with Crippen molar-refractivity contribution in [1.82, 2.24) is 9.88 Å². The highest BCUT2D eigenvalue weighted by Crippen LogP contribution is 2.31. The molecule has 0 radical (unpaired) electrons. The molecule has 0 saturated heterocycles. The fraction of sp³-hybridized carbons (Fsp3) is 0.286. The van der Waals surface area contributed by atoms with Gasteiger partial charge in [0.05, 0.1) is 17.6 Å². The number of aromatic carboxylic acids is 1. The highest BCUT2D eigenvalue weighted by molar-refractivity contribution is 6.07. The van der Waals surface area contributed by atoms with Gasteiger partial charge in [-0.25, -0.2) is 4.79 Å². The predicted octanol–water partition coefficient (Wildman–Crippen LogP) is 3.60. The Hall–Kier alpha value is -3.15. The van der Waals surface area contributed by atoms with Crippen molar-refractivity contribution in [2.45, 2.75) is 32.7 Å². The van der Waals surface area contributed by atoms with Crippen LogP contribution in [0.4, 0.5) is 0 Å². The number of hydrogen-bond donors (Lipinski definition) is 1. The molecule has 27 heavy (non-hydrogen) atoms. The fourth-order valence-corrected chi connectivity index (χ4v) is 3.79. The number of para-hydroxylation sites is 1. The zero-order chi connectivity index (χ0) is 19.1. The second-order valence-electron chi connectivity index (χ2n) is 6.93. The first-order chi connectivity index (χ1) is 13.0. The van der Waals surface area contributed by atoms with Crippen LogP contribution in [0.1, 0.15) is 49.9 Å². The van der Waals surface area contributed by atoms with Crippen molar-refractivity contribution >= 4 is 22.8 Å². The monoisotopic (exact) mass is 364 g/mol. The van der Waals surface area contributed by atoms with Crippen LogP contribution in [-0.4, -0.2) is 33.9 Å². The molecular formula is C21H20N2O4. The molecule has 1 aliphatic rings. The summed E-state index contributed by atoms with van der Waals surface area (Å²) in [6.45, 7) is 1.82. The Morgan fingerprint density at radius 1 is 1.26 bits per heavy atom. The van der Waals surface area contributed by atoms with Crippen molar-refractivity contribution in [2.75, 3.05) is 7.05 Å². The van der Waals surface area contributed by atoms with Gasteiger partial charge in [0.2, 0.25) is 0 Å². The van der Waals surface area contributed by atoms with Gasteiger partial charge in [0.25, 0.3) is 5.91 Å². The van der Waals surface area contributed by atoms with Crippen molar-refractivity contribution in [3.63, 3.8) is 0 Å². The van der Waals surface area contributed by atoms with E-state index in [0.29, 0.717) is 17.1 Å². The van der Waals surface area contributed by atoms with Crippen LogP contribution >= 0.6 is 0 Å². The van der Waals surface area contributed by atoms with Gasteiger partial charge in [-0.15, -0.1) is 0 Å². The first-order valence-electron chi connectivity index (χ1n) is 8.94. The first kappa shape index (κ1) is 17.3. The zero-order valence-electron chi connectivity index (χ0n) is 15.3. The van der Waals surface area contributed by atoms with Crippen LogP contribution in [-0.2, 0) is 19.4 Å². The smallest absolute Gasteiger partial charge is 0.339 e. The molecule has 1 N–H and O–H groups in total. The van der Waals surface area contributed by atoms with Gasteiger partial charge >= 0.3 is 5.97 Å². The molecule has 0 aliphatic heterocycles. The number of aryl methyl sites for hydroxylation is 2. The van der Waals surface area contributed by atoms with Crippen LogP contribution in [0, 0.1) is 6.92 Å². The van der Waals surface area contributed by atoms with Crippen LogP contribution < -0.4 is 0 Å². The van der Waals surface area contributed by atoms with Gasteiger partial charge in [-0.1, -0.05) is 18.2 Å². The summed E-state index contributed by atoms with van der Waals surface area (Å²) in [6, 6.07) is 9.18. The quantitative estimate of drug-likeness (QED) is 0.765. The summed E-state index contributed by atoms with van der Waals surface area (Å²) in [5.74, 6) is -0.337. The molecule has 2 aromatic heterocycles. The Bertz CT molecular complexity index is 1070. The Morgan fingerprint density at radius 2 is 2.04 bits per heavy atom. The number of carbonyl (C=O) groups is 2. The number of rotatable bonds is 4. The lowest BCUT2D eigenvalue weighted by atomic mass is 10.00. The minimum atomic E-state index is -1.03. The highest BCUT2D eigenvalue weighted by atomic mass is 16.4. The van der Waals surface area contributed by atoms with Gasteiger partial charge in [-0.05, 0) is 43.9 Å². The third kappa shape index (κ3) is 2.97. The fourth-order valence-electron chi connectivity index (χ4n) is 3.79. The molecule has 0 bridgehead atoms. The highest BCUT2D eigenvalue weighted by Gasteiger charge is 2.26. The first-order valence-corrected chi connectivity index (χ1v) is 8.94. The molecule has 138 valence electrons. The zero-order valence-corrected chi connectivity index (χ0v) is 15.3. The van der Waals surface area contributed by atoms with Crippen molar-refractivity contribution in [1.29, 1.82) is 0 Å². The predicted molar refractivity (Wildman–Crippen MR) is 100.0 cm³/mol. The molecule has 3 aromatic rings. The van der Waals surface area contributed by atoms with Crippen molar-refractivity contribution < 1.29 is 19.1 Å². The number of hydrogen-bond acceptors (Lipinski definition) is 4. The molecule has 6 nitrogen and oxygen atoms in total.